The Morgan fingerprint density at radius 2 is 2.05 bits per heavy atom. The van der Waals surface area contributed by atoms with Crippen molar-refractivity contribution in [2.24, 2.45) is 0 Å². The van der Waals surface area contributed by atoms with Crippen LogP contribution < -0.4 is 10.1 Å². The first-order valence-electron chi connectivity index (χ1n) is 6.76. The molecule has 6 heteroatoms. The second kappa shape index (κ2) is 8.24. The lowest BCUT2D eigenvalue weighted by Crippen LogP contribution is -2.27. The smallest absolute Gasteiger partial charge is 0.306 e. The van der Waals surface area contributed by atoms with Gasteiger partial charge in [0.2, 0.25) is 5.91 Å². The number of nitrogens with one attached hydrogen (secondary N) is 1. The summed E-state index contributed by atoms with van der Waals surface area (Å²) >= 11 is 0. The Hall–Kier alpha value is -2.11. The zero-order chi connectivity index (χ0) is 15.8. The van der Waals surface area contributed by atoms with E-state index in [-0.39, 0.29) is 30.5 Å². The van der Waals surface area contributed by atoms with Crippen LogP contribution in [0.3, 0.4) is 0 Å². The molecule has 5 nitrogen and oxygen atoms in total. The highest BCUT2D eigenvalue weighted by Crippen LogP contribution is 2.21. The van der Waals surface area contributed by atoms with Crippen molar-refractivity contribution in [2.75, 3.05) is 13.7 Å². The van der Waals surface area contributed by atoms with Crippen LogP contribution in [0.25, 0.3) is 0 Å². The summed E-state index contributed by atoms with van der Waals surface area (Å²) in [6.45, 7) is 3.74. The maximum Gasteiger partial charge on any atom is 0.306 e. The van der Waals surface area contributed by atoms with E-state index in [1.54, 1.807) is 19.9 Å². The molecule has 1 rings (SSSR count). The average molecular weight is 297 g/mol. The summed E-state index contributed by atoms with van der Waals surface area (Å²) < 4.78 is 23.2. The van der Waals surface area contributed by atoms with E-state index in [0.717, 1.165) is 0 Å². The third kappa shape index (κ3) is 5.41. The predicted molar refractivity (Wildman–Crippen MR) is 75.4 cm³/mol. The maximum absolute atomic E-state index is 13.6. The number of hydrogen-bond donors (Lipinski definition) is 1. The number of ether oxygens (including phenoxy) is 2. The minimum absolute atomic E-state index is 0.0311. The van der Waals surface area contributed by atoms with Crippen molar-refractivity contribution in [3.05, 3.63) is 29.6 Å². The number of carbonyl (C=O) groups is 2. The molecule has 0 bridgehead atoms. The fourth-order valence-corrected chi connectivity index (χ4v) is 1.80. The monoisotopic (exact) mass is 297 g/mol. The lowest BCUT2D eigenvalue weighted by atomic mass is 10.1. The van der Waals surface area contributed by atoms with Gasteiger partial charge >= 0.3 is 5.97 Å². The first-order valence-corrected chi connectivity index (χ1v) is 6.76. The van der Waals surface area contributed by atoms with Crippen LogP contribution in [0.15, 0.2) is 18.2 Å². The Kier molecular flexibility index (Phi) is 6.65. The van der Waals surface area contributed by atoms with Crippen molar-refractivity contribution in [1.82, 2.24) is 5.32 Å². The summed E-state index contributed by atoms with van der Waals surface area (Å²) in [4.78, 5) is 22.9. The van der Waals surface area contributed by atoms with Crippen molar-refractivity contribution in [3.8, 4) is 5.75 Å². The molecule has 21 heavy (non-hydrogen) atoms. The zero-order valence-corrected chi connectivity index (χ0v) is 12.4. The first kappa shape index (κ1) is 16.9. The summed E-state index contributed by atoms with van der Waals surface area (Å²) in [6.07, 6.45) is 0.0746. The number of amides is 1. The Bertz CT molecular complexity index is 504. The molecule has 0 aliphatic heterocycles. The normalized spacial score (nSPS) is 11.6. The quantitative estimate of drug-likeness (QED) is 0.785. The molecule has 0 saturated carbocycles. The Morgan fingerprint density at radius 1 is 1.33 bits per heavy atom. The molecule has 0 aromatic heterocycles. The number of rotatable bonds is 7. The summed E-state index contributed by atoms with van der Waals surface area (Å²) in [6, 6.07) is 4.14. The van der Waals surface area contributed by atoms with Crippen LogP contribution in [0.1, 0.15) is 38.3 Å². The van der Waals surface area contributed by atoms with E-state index in [1.807, 2.05) is 0 Å². The molecular weight excluding hydrogens is 277 g/mol. The number of benzene rings is 1. The van der Waals surface area contributed by atoms with Gasteiger partial charge in [-0.25, -0.2) is 4.39 Å². The highest BCUT2D eigenvalue weighted by atomic mass is 19.1. The van der Waals surface area contributed by atoms with Crippen molar-refractivity contribution >= 4 is 11.9 Å². The van der Waals surface area contributed by atoms with Crippen molar-refractivity contribution in [2.45, 2.75) is 32.7 Å². The molecule has 0 saturated heterocycles. The van der Waals surface area contributed by atoms with Crippen LogP contribution in [0.4, 0.5) is 4.39 Å². The summed E-state index contributed by atoms with van der Waals surface area (Å²) in [5, 5.41) is 2.70. The number of carbonyl (C=O) groups excluding carboxylic acids is 2. The molecule has 0 fully saturated rings. The Morgan fingerprint density at radius 3 is 2.62 bits per heavy atom. The van der Waals surface area contributed by atoms with Gasteiger partial charge in [0.15, 0.2) is 11.6 Å². The molecule has 1 aromatic carbocycles. The molecule has 0 heterocycles. The summed E-state index contributed by atoms with van der Waals surface area (Å²) in [5.41, 5.74) is 0.623. The van der Waals surface area contributed by atoms with Crippen molar-refractivity contribution < 1.29 is 23.5 Å². The molecule has 1 unspecified atom stereocenters. The SMILES string of the molecule is CCOC(=O)CCC(=O)NC(C)c1ccc(OC)c(F)c1. The summed E-state index contributed by atoms with van der Waals surface area (Å²) in [7, 11) is 1.39. The fourth-order valence-electron chi connectivity index (χ4n) is 1.80. The third-order valence-corrected chi connectivity index (χ3v) is 2.91. The van der Waals surface area contributed by atoms with Gasteiger partial charge in [-0.1, -0.05) is 6.07 Å². The molecule has 1 atom stereocenters. The standard InChI is InChI=1S/C15H20FNO4/c1-4-21-15(19)8-7-14(18)17-10(2)11-5-6-13(20-3)12(16)9-11/h5-6,9-10H,4,7-8H2,1-3H3,(H,17,18). The lowest BCUT2D eigenvalue weighted by molar-refractivity contribution is -0.144. The van der Waals surface area contributed by atoms with E-state index in [2.05, 4.69) is 5.32 Å². The van der Waals surface area contributed by atoms with Crippen LogP contribution in [0.2, 0.25) is 0 Å². The van der Waals surface area contributed by atoms with Crippen LogP contribution in [0.5, 0.6) is 5.75 Å². The van der Waals surface area contributed by atoms with Gasteiger partial charge < -0.3 is 14.8 Å². The molecule has 0 aliphatic carbocycles. The topological polar surface area (TPSA) is 64.6 Å². The van der Waals surface area contributed by atoms with E-state index in [1.165, 1.54) is 19.2 Å². The van der Waals surface area contributed by atoms with Crippen molar-refractivity contribution in [1.29, 1.82) is 0 Å². The van der Waals surface area contributed by atoms with Crippen LogP contribution in [0, 0.1) is 5.82 Å². The lowest BCUT2D eigenvalue weighted by Gasteiger charge is -2.15. The van der Waals surface area contributed by atoms with E-state index < -0.39 is 11.8 Å². The van der Waals surface area contributed by atoms with Gasteiger partial charge in [0.1, 0.15) is 0 Å². The molecule has 116 valence electrons. The fraction of sp³-hybridized carbons (Fsp3) is 0.467. The second-order valence-electron chi connectivity index (χ2n) is 4.49. The van der Waals surface area contributed by atoms with Crippen LogP contribution in [-0.2, 0) is 14.3 Å². The zero-order valence-electron chi connectivity index (χ0n) is 12.4. The molecule has 1 amide bonds. The molecule has 1 aromatic rings. The minimum Gasteiger partial charge on any atom is -0.494 e. The van der Waals surface area contributed by atoms with Gasteiger partial charge in [0, 0.05) is 6.42 Å². The second-order valence-corrected chi connectivity index (χ2v) is 4.49. The van der Waals surface area contributed by atoms with Gasteiger partial charge in [0.25, 0.3) is 0 Å². The summed E-state index contributed by atoms with van der Waals surface area (Å²) in [5.74, 6) is -1.02. The highest BCUT2D eigenvalue weighted by Gasteiger charge is 2.13. The van der Waals surface area contributed by atoms with Crippen LogP contribution in [-0.4, -0.2) is 25.6 Å². The van der Waals surface area contributed by atoms with Gasteiger partial charge in [-0.2, -0.15) is 0 Å². The van der Waals surface area contributed by atoms with Gasteiger partial charge in [-0.3, -0.25) is 9.59 Å². The number of esters is 1. The van der Waals surface area contributed by atoms with E-state index in [4.69, 9.17) is 9.47 Å². The van der Waals surface area contributed by atoms with Crippen LogP contribution >= 0.6 is 0 Å². The number of methoxy groups -OCH3 is 1. The number of halogens is 1. The minimum atomic E-state index is -0.484. The Labute approximate surface area is 123 Å². The largest absolute Gasteiger partial charge is 0.494 e. The third-order valence-electron chi connectivity index (χ3n) is 2.91. The molecule has 0 spiro atoms. The van der Waals surface area contributed by atoms with Gasteiger partial charge in [-0.05, 0) is 31.5 Å². The van der Waals surface area contributed by atoms with E-state index in [0.29, 0.717) is 12.2 Å². The van der Waals surface area contributed by atoms with Gasteiger partial charge in [0.05, 0.1) is 26.2 Å². The van der Waals surface area contributed by atoms with E-state index in [9.17, 15) is 14.0 Å². The highest BCUT2D eigenvalue weighted by molar-refractivity contribution is 5.81. The van der Waals surface area contributed by atoms with Crippen molar-refractivity contribution in [3.63, 3.8) is 0 Å². The van der Waals surface area contributed by atoms with Gasteiger partial charge in [-0.15, -0.1) is 0 Å². The molecule has 0 aliphatic rings. The molecule has 0 radical (unpaired) electrons. The first-order chi connectivity index (χ1) is 9.97. The molecular formula is C15H20FNO4. The Balaban J connectivity index is 2.52. The maximum atomic E-state index is 13.6. The average Bonchev–Trinajstić information content (AvgIpc) is 2.45. The molecule has 1 N–H and O–H groups in total. The predicted octanol–water partition coefficient (Wildman–Crippen LogP) is 2.35. The van der Waals surface area contributed by atoms with E-state index >= 15 is 0 Å². The number of hydrogen-bond acceptors (Lipinski definition) is 4.